The van der Waals surface area contributed by atoms with Crippen LogP contribution in [0.1, 0.15) is 12.1 Å². The van der Waals surface area contributed by atoms with Crippen LogP contribution >= 0.6 is 0 Å². The summed E-state index contributed by atoms with van der Waals surface area (Å²) in [6, 6.07) is 6.14. The summed E-state index contributed by atoms with van der Waals surface area (Å²) in [6.45, 7) is 5.83. The van der Waals surface area contributed by atoms with Crippen molar-refractivity contribution >= 4 is 0 Å². The Morgan fingerprint density at radius 2 is 2.27 bits per heavy atom. The molecule has 0 bridgehead atoms. The van der Waals surface area contributed by atoms with Gasteiger partial charge in [-0.15, -0.1) is 0 Å². The molecule has 0 aliphatic carbocycles. The van der Waals surface area contributed by atoms with Crippen LogP contribution in [0.25, 0.3) is 0 Å². The van der Waals surface area contributed by atoms with E-state index in [0.29, 0.717) is 0 Å². The summed E-state index contributed by atoms with van der Waals surface area (Å²) in [5, 5.41) is 3.42. The highest BCUT2D eigenvalue weighted by Crippen LogP contribution is 2.00. The van der Waals surface area contributed by atoms with E-state index in [1.165, 1.54) is 31.7 Å². The van der Waals surface area contributed by atoms with Crippen LogP contribution in [0, 0.1) is 0 Å². The highest BCUT2D eigenvalue weighted by atomic mass is 15.1. The van der Waals surface area contributed by atoms with E-state index in [2.05, 4.69) is 27.3 Å². The summed E-state index contributed by atoms with van der Waals surface area (Å²) in [5.74, 6) is 0. The lowest BCUT2D eigenvalue weighted by Crippen LogP contribution is -2.30. The van der Waals surface area contributed by atoms with Gasteiger partial charge in [0.25, 0.3) is 0 Å². The van der Waals surface area contributed by atoms with Gasteiger partial charge in [-0.1, -0.05) is 6.07 Å². The molecule has 1 saturated heterocycles. The summed E-state index contributed by atoms with van der Waals surface area (Å²) in [7, 11) is 0. The first-order valence-electron chi connectivity index (χ1n) is 5.78. The Labute approximate surface area is 91.5 Å². The highest BCUT2D eigenvalue weighted by molar-refractivity contribution is 5.03. The molecule has 1 aliphatic heterocycles. The van der Waals surface area contributed by atoms with E-state index in [1.807, 2.05) is 12.3 Å². The number of pyridine rings is 1. The fourth-order valence-electron chi connectivity index (χ4n) is 1.94. The Morgan fingerprint density at radius 3 is 3.13 bits per heavy atom. The smallest absolute Gasteiger partial charge is 0.0416 e. The average molecular weight is 205 g/mol. The fourth-order valence-corrected chi connectivity index (χ4v) is 1.94. The van der Waals surface area contributed by atoms with Crippen molar-refractivity contribution in [1.29, 1.82) is 0 Å². The molecule has 0 atom stereocenters. The minimum atomic E-state index is 1.07. The number of nitrogens with zero attached hydrogens (tertiary/aromatic N) is 2. The molecule has 0 amide bonds. The first-order valence-corrected chi connectivity index (χ1v) is 5.78. The maximum absolute atomic E-state index is 4.34. The van der Waals surface area contributed by atoms with E-state index in [0.717, 1.165) is 19.5 Å². The number of rotatable bonds is 3. The van der Waals surface area contributed by atoms with Crippen molar-refractivity contribution in [3.05, 3.63) is 30.1 Å². The maximum Gasteiger partial charge on any atom is 0.0416 e. The summed E-state index contributed by atoms with van der Waals surface area (Å²) in [5.41, 5.74) is 1.20. The Morgan fingerprint density at radius 1 is 1.27 bits per heavy atom. The zero-order chi connectivity index (χ0) is 10.3. The van der Waals surface area contributed by atoms with E-state index in [9.17, 15) is 0 Å². The quantitative estimate of drug-likeness (QED) is 0.795. The van der Waals surface area contributed by atoms with E-state index in [-0.39, 0.29) is 0 Å². The molecule has 0 unspecified atom stereocenters. The lowest BCUT2D eigenvalue weighted by atomic mass is 10.2. The molecular weight excluding hydrogens is 186 g/mol. The zero-order valence-electron chi connectivity index (χ0n) is 9.15. The van der Waals surface area contributed by atoms with Gasteiger partial charge in [0.1, 0.15) is 0 Å². The molecule has 0 radical (unpaired) electrons. The normalized spacial score (nSPS) is 18.7. The third-order valence-corrected chi connectivity index (χ3v) is 2.84. The molecule has 1 fully saturated rings. The minimum Gasteiger partial charge on any atom is -0.315 e. The molecule has 0 saturated carbocycles. The third-order valence-electron chi connectivity index (χ3n) is 2.84. The summed E-state index contributed by atoms with van der Waals surface area (Å²) in [6.07, 6.45) is 4.21. The van der Waals surface area contributed by atoms with Crippen LogP contribution in [0.3, 0.4) is 0 Å². The van der Waals surface area contributed by atoms with Crippen LogP contribution in [0.2, 0.25) is 0 Å². The predicted octanol–water partition coefficient (Wildman–Crippen LogP) is 0.919. The summed E-state index contributed by atoms with van der Waals surface area (Å²) >= 11 is 0. The van der Waals surface area contributed by atoms with E-state index in [4.69, 9.17) is 0 Å². The summed E-state index contributed by atoms with van der Waals surface area (Å²) in [4.78, 5) is 6.87. The fraction of sp³-hybridized carbons (Fsp3) is 0.583. The number of nitrogens with one attached hydrogen (secondary N) is 1. The monoisotopic (exact) mass is 205 g/mol. The number of hydrogen-bond donors (Lipinski definition) is 1. The molecule has 1 aromatic heterocycles. The van der Waals surface area contributed by atoms with Crippen LogP contribution in [-0.2, 0) is 6.42 Å². The molecule has 1 aliphatic rings. The van der Waals surface area contributed by atoms with Crippen molar-refractivity contribution in [3.8, 4) is 0 Å². The standard InChI is InChI=1S/C12H19N3/c1-2-7-14-12(4-1)5-10-15-9-3-6-13-8-11-15/h1-2,4,7,13H,3,5-6,8-11H2. The molecule has 2 heterocycles. The molecular formula is C12H19N3. The van der Waals surface area contributed by atoms with Gasteiger partial charge >= 0.3 is 0 Å². The second-order valence-electron chi connectivity index (χ2n) is 4.02. The Kier molecular flexibility index (Phi) is 4.11. The van der Waals surface area contributed by atoms with Gasteiger partial charge < -0.3 is 10.2 Å². The number of aromatic nitrogens is 1. The van der Waals surface area contributed by atoms with Crippen molar-refractivity contribution in [2.24, 2.45) is 0 Å². The predicted molar refractivity (Wildman–Crippen MR) is 61.9 cm³/mol. The first kappa shape index (κ1) is 10.6. The molecule has 1 aromatic rings. The zero-order valence-corrected chi connectivity index (χ0v) is 9.15. The molecule has 3 nitrogen and oxygen atoms in total. The van der Waals surface area contributed by atoms with Gasteiger partial charge in [0, 0.05) is 37.9 Å². The first-order chi connectivity index (χ1) is 7.45. The molecule has 2 rings (SSSR count). The molecule has 3 heteroatoms. The Bertz CT molecular complexity index is 265. The van der Waals surface area contributed by atoms with Crippen molar-refractivity contribution < 1.29 is 0 Å². The Balaban J connectivity index is 1.77. The maximum atomic E-state index is 4.34. The second-order valence-corrected chi connectivity index (χ2v) is 4.02. The average Bonchev–Trinajstić information content (AvgIpc) is 2.56. The second kappa shape index (κ2) is 5.83. The van der Waals surface area contributed by atoms with Crippen LogP contribution in [0.5, 0.6) is 0 Å². The van der Waals surface area contributed by atoms with Gasteiger partial charge in [0.2, 0.25) is 0 Å². The van der Waals surface area contributed by atoms with E-state index < -0.39 is 0 Å². The van der Waals surface area contributed by atoms with Gasteiger partial charge in [-0.3, -0.25) is 4.98 Å². The number of hydrogen-bond acceptors (Lipinski definition) is 3. The minimum absolute atomic E-state index is 1.07. The van der Waals surface area contributed by atoms with Gasteiger partial charge in [0.05, 0.1) is 0 Å². The van der Waals surface area contributed by atoms with Crippen molar-refractivity contribution in [1.82, 2.24) is 15.2 Å². The van der Waals surface area contributed by atoms with Crippen LogP contribution in [-0.4, -0.2) is 42.6 Å². The molecule has 15 heavy (non-hydrogen) atoms. The highest BCUT2D eigenvalue weighted by Gasteiger charge is 2.07. The van der Waals surface area contributed by atoms with Gasteiger partial charge in [-0.05, 0) is 31.6 Å². The van der Waals surface area contributed by atoms with Gasteiger partial charge in [-0.25, -0.2) is 0 Å². The molecule has 1 N–H and O–H groups in total. The molecule has 0 spiro atoms. The lowest BCUT2D eigenvalue weighted by Gasteiger charge is -2.18. The van der Waals surface area contributed by atoms with Crippen LogP contribution < -0.4 is 5.32 Å². The Hall–Kier alpha value is -0.930. The largest absolute Gasteiger partial charge is 0.315 e. The van der Waals surface area contributed by atoms with Crippen LogP contribution in [0.15, 0.2) is 24.4 Å². The molecule has 0 aromatic carbocycles. The lowest BCUT2D eigenvalue weighted by molar-refractivity contribution is 0.295. The van der Waals surface area contributed by atoms with E-state index >= 15 is 0 Å². The molecule has 82 valence electrons. The van der Waals surface area contributed by atoms with Crippen molar-refractivity contribution in [3.63, 3.8) is 0 Å². The van der Waals surface area contributed by atoms with Gasteiger partial charge in [-0.2, -0.15) is 0 Å². The van der Waals surface area contributed by atoms with Crippen molar-refractivity contribution in [2.45, 2.75) is 12.8 Å². The third kappa shape index (κ3) is 3.61. The summed E-state index contributed by atoms with van der Waals surface area (Å²) < 4.78 is 0. The SMILES string of the molecule is c1ccc(CCN2CCCNCC2)nc1. The van der Waals surface area contributed by atoms with Crippen molar-refractivity contribution in [2.75, 3.05) is 32.7 Å². The van der Waals surface area contributed by atoms with Crippen LogP contribution in [0.4, 0.5) is 0 Å². The van der Waals surface area contributed by atoms with Gasteiger partial charge in [0.15, 0.2) is 0 Å². The van der Waals surface area contributed by atoms with E-state index in [1.54, 1.807) is 0 Å². The topological polar surface area (TPSA) is 28.2 Å².